The van der Waals surface area contributed by atoms with Crippen molar-refractivity contribution in [3.63, 3.8) is 0 Å². The maximum Gasteiger partial charge on any atom is 0.00327 e. The van der Waals surface area contributed by atoms with Gasteiger partial charge in [-0.15, -0.1) is 0 Å². The van der Waals surface area contributed by atoms with E-state index in [-0.39, 0.29) is 0 Å². The highest BCUT2D eigenvalue weighted by atomic mass is 15.2. The molecule has 0 saturated carbocycles. The van der Waals surface area contributed by atoms with Crippen LogP contribution in [0.2, 0.25) is 0 Å². The summed E-state index contributed by atoms with van der Waals surface area (Å²) in [6.07, 6.45) is 2.65. The van der Waals surface area contributed by atoms with Crippen molar-refractivity contribution >= 4 is 0 Å². The molecular weight excluding hydrogens is 196 g/mol. The Hall–Kier alpha value is -0.0800. The van der Waals surface area contributed by atoms with Crippen molar-refractivity contribution < 1.29 is 0 Å². The summed E-state index contributed by atoms with van der Waals surface area (Å²) in [7, 11) is 0. The van der Waals surface area contributed by atoms with Crippen LogP contribution in [0.15, 0.2) is 0 Å². The third kappa shape index (κ3) is 4.84. The van der Waals surface area contributed by atoms with E-state index in [1.807, 2.05) is 0 Å². The largest absolute Gasteiger partial charge is 0.314 e. The Balaban J connectivity index is 2.24. The summed E-state index contributed by atoms with van der Waals surface area (Å²) in [5.41, 5.74) is 0.486. The fourth-order valence-corrected chi connectivity index (χ4v) is 2.34. The molecule has 1 saturated heterocycles. The molecule has 0 aliphatic carbocycles. The summed E-state index contributed by atoms with van der Waals surface area (Å²) < 4.78 is 0. The van der Waals surface area contributed by atoms with Crippen molar-refractivity contribution in [1.29, 1.82) is 0 Å². The van der Waals surface area contributed by atoms with Gasteiger partial charge in [0.25, 0.3) is 0 Å². The Morgan fingerprint density at radius 1 is 1.38 bits per heavy atom. The molecule has 0 aromatic heterocycles. The zero-order valence-corrected chi connectivity index (χ0v) is 11.8. The standard InChI is InChI=1S/C14H30N2/c1-6-14(4,5)11-16-8-7-13(10-16)9-15-12(2)3/h12-13,15H,6-11H2,1-5H3. The average molecular weight is 226 g/mol. The number of rotatable bonds is 6. The molecule has 1 aliphatic rings. The lowest BCUT2D eigenvalue weighted by Gasteiger charge is -2.29. The summed E-state index contributed by atoms with van der Waals surface area (Å²) in [6, 6.07) is 0.626. The van der Waals surface area contributed by atoms with Gasteiger partial charge in [0.05, 0.1) is 0 Å². The quantitative estimate of drug-likeness (QED) is 0.749. The number of nitrogens with one attached hydrogen (secondary N) is 1. The van der Waals surface area contributed by atoms with Crippen molar-refractivity contribution in [3.05, 3.63) is 0 Å². The molecule has 0 spiro atoms. The number of hydrogen-bond acceptors (Lipinski definition) is 2. The zero-order valence-electron chi connectivity index (χ0n) is 11.8. The lowest BCUT2D eigenvalue weighted by atomic mass is 9.90. The smallest absolute Gasteiger partial charge is 0.00327 e. The van der Waals surface area contributed by atoms with Crippen molar-refractivity contribution in [2.75, 3.05) is 26.2 Å². The normalized spacial score (nSPS) is 23.2. The van der Waals surface area contributed by atoms with E-state index < -0.39 is 0 Å². The van der Waals surface area contributed by atoms with E-state index in [1.54, 1.807) is 0 Å². The van der Waals surface area contributed by atoms with Gasteiger partial charge in [-0.05, 0) is 37.3 Å². The summed E-state index contributed by atoms with van der Waals surface area (Å²) in [5, 5.41) is 3.56. The summed E-state index contributed by atoms with van der Waals surface area (Å²) in [6.45, 7) is 16.6. The maximum absolute atomic E-state index is 3.56. The molecule has 1 atom stereocenters. The highest BCUT2D eigenvalue weighted by molar-refractivity contribution is 4.81. The minimum atomic E-state index is 0.486. The van der Waals surface area contributed by atoms with Crippen LogP contribution in [0.25, 0.3) is 0 Å². The molecule has 2 nitrogen and oxygen atoms in total. The van der Waals surface area contributed by atoms with Gasteiger partial charge in [-0.3, -0.25) is 0 Å². The molecule has 1 heterocycles. The van der Waals surface area contributed by atoms with E-state index in [0.717, 1.165) is 5.92 Å². The molecule has 0 aromatic carbocycles. The van der Waals surface area contributed by atoms with Gasteiger partial charge in [-0.2, -0.15) is 0 Å². The monoisotopic (exact) mass is 226 g/mol. The number of hydrogen-bond donors (Lipinski definition) is 1. The lowest BCUT2D eigenvalue weighted by Crippen LogP contribution is -2.34. The minimum absolute atomic E-state index is 0.486. The summed E-state index contributed by atoms with van der Waals surface area (Å²) >= 11 is 0. The van der Waals surface area contributed by atoms with Crippen LogP contribution in [0.4, 0.5) is 0 Å². The molecule has 96 valence electrons. The zero-order chi connectivity index (χ0) is 12.2. The van der Waals surface area contributed by atoms with E-state index in [0.29, 0.717) is 11.5 Å². The predicted molar refractivity (Wildman–Crippen MR) is 71.8 cm³/mol. The third-order valence-corrected chi connectivity index (χ3v) is 3.79. The van der Waals surface area contributed by atoms with E-state index in [1.165, 1.54) is 39.0 Å². The lowest BCUT2D eigenvalue weighted by molar-refractivity contribution is 0.198. The van der Waals surface area contributed by atoms with Gasteiger partial charge in [-0.25, -0.2) is 0 Å². The summed E-state index contributed by atoms with van der Waals surface area (Å²) in [5.74, 6) is 0.870. The second-order valence-electron chi connectivity index (χ2n) is 6.47. The van der Waals surface area contributed by atoms with Gasteiger partial charge in [0.2, 0.25) is 0 Å². The van der Waals surface area contributed by atoms with Gasteiger partial charge < -0.3 is 10.2 Å². The molecule has 2 heteroatoms. The van der Waals surface area contributed by atoms with Crippen molar-refractivity contribution in [2.24, 2.45) is 11.3 Å². The average Bonchev–Trinajstić information content (AvgIpc) is 2.62. The highest BCUT2D eigenvalue weighted by Crippen LogP contribution is 2.25. The summed E-state index contributed by atoms with van der Waals surface area (Å²) in [4.78, 5) is 2.65. The fourth-order valence-electron chi connectivity index (χ4n) is 2.34. The maximum atomic E-state index is 3.56. The molecular formula is C14H30N2. The molecule has 0 bridgehead atoms. The molecule has 1 unspecified atom stereocenters. The van der Waals surface area contributed by atoms with Gasteiger partial charge in [0.1, 0.15) is 0 Å². The van der Waals surface area contributed by atoms with Crippen molar-refractivity contribution in [1.82, 2.24) is 10.2 Å². The second-order valence-corrected chi connectivity index (χ2v) is 6.47. The molecule has 0 amide bonds. The Bertz CT molecular complexity index is 199. The molecule has 0 radical (unpaired) electrons. The first kappa shape index (κ1) is 14.0. The van der Waals surface area contributed by atoms with Crippen LogP contribution in [0.3, 0.4) is 0 Å². The van der Waals surface area contributed by atoms with E-state index in [9.17, 15) is 0 Å². The third-order valence-electron chi connectivity index (χ3n) is 3.79. The molecule has 16 heavy (non-hydrogen) atoms. The Kier molecular flexibility index (Phi) is 5.26. The first-order valence-corrected chi connectivity index (χ1v) is 6.88. The number of likely N-dealkylation sites (tertiary alicyclic amines) is 1. The van der Waals surface area contributed by atoms with Crippen LogP contribution in [0, 0.1) is 11.3 Å². The van der Waals surface area contributed by atoms with Gasteiger partial charge >= 0.3 is 0 Å². The SMILES string of the molecule is CCC(C)(C)CN1CCC(CNC(C)C)C1. The van der Waals surface area contributed by atoms with Gasteiger partial charge in [0, 0.05) is 19.1 Å². The van der Waals surface area contributed by atoms with Crippen molar-refractivity contribution in [2.45, 2.75) is 53.5 Å². The van der Waals surface area contributed by atoms with Gasteiger partial charge in [0.15, 0.2) is 0 Å². The minimum Gasteiger partial charge on any atom is -0.314 e. The van der Waals surface area contributed by atoms with Crippen LogP contribution in [-0.2, 0) is 0 Å². The van der Waals surface area contributed by atoms with Crippen LogP contribution < -0.4 is 5.32 Å². The Morgan fingerprint density at radius 2 is 2.06 bits per heavy atom. The van der Waals surface area contributed by atoms with E-state index in [2.05, 4.69) is 44.8 Å². The van der Waals surface area contributed by atoms with Crippen LogP contribution in [-0.4, -0.2) is 37.1 Å². The molecule has 1 aliphatic heterocycles. The predicted octanol–water partition coefficient (Wildman–Crippen LogP) is 2.74. The molecule has 1 N–H and O–H groups in total. The molecule has 0 aromatic rings. The van der Waals surface area contributed by atoms with Crippen LogP contribution in [0.1, 0.15) is 47.5 Å². The van der Waals surface area contributed by atoms with E-state index in [4.69, 9.17) is 0 Å². The Labute approximate surface area is 102 Å². The van der Waals surface area contributed by atoms with Gasteiger partial charge in [-0.1, -0.05) is 34.6 Å². The van der Waals surface area contributed by atoms with Crippen molar-refractivity contribution in [3.8, 4) is 0 Å². The second kappa shape index (κ2) is 6.02. The first-order chi connectivity index (χ1) is 7.43. The topological polar surface area (TPSA) is 15.3 Å². The highest BCUT2D eigenvalue weighted by Gasteiger charge is 2.26. The first-order valence-electron chi connectivity index (χ1n) is 6.88. The number of nitrogens with zero attached hydrogens (tertiary/aromatic N) is 1. The Morgan fingerprint density at radius 3 is 2.62 bits per heavy atom. The van der Waals surface area contributed by atoms with Crippen LogP contribution in [0.5, 0.6) is 0 Å². The fraction of sp³-hybridized carbons (Fsp3) is 1.00. The van der Waals surface area contributed by atoms with Crippen LogP contribution >= 0.6 is 0 Å². The van der Waals surface area contributed by atoms with E-state index >= 15 is 0 Å². The molecule has 1 rings (SSSR count). The molecule has 1 fully saturated rings.